The van der Waals surface area contributed by atoms with E-state index in [1.807, 2.05) is 21.1 Å². The Bertz CT molecular complexity index is 2310. The fourth-order valence-electron chi connectivity index (χ4n) is 8.91. The average molecular weight is 1290 g/mol. The summed E-state index contributed by atoms with van der Waals surface area (Å²) in [6.45, 7) is 4.15. The van der Waals surface area contributed by atoms with Gasteiger partial charge in [-0.3, -0.25) is 18.6 Å². The first-order valence-electron chi connectivity index (χ1n) is 35.8. The van der Waals surface area contributed by atoms with Gasteiger partial charge in [-0.05, 0) is 148 Å². The van der Waals surface area contributed by atoms with Gasteiger partial charge in [0, 0.05) is 12.8 Å². The van der Waals surface area contributed by atoms with Gasteiger partial charge in [0.2, 0.25) is 0 Å². The number of phosphoric acid groups is 1. The molecule has 0 aromatic rings. The number of hydrogen-bond acceptors (Lipinski definition) is 7. The Balaban J connectivity index is 4.19. The molecule has 0 bridgehead atoms. The van der Waals surface area contributed by atoms with E-state index in [0.29, 0.717) is 17.4 Å². The van der Waals surface area contributed by atoms with E-state index in [9.17, 15) is 19.0 Å². The molecule has 10 heteroatoms. The first-order chi connectivity index (χ1) is 45.0. The summed E-state index contributed by atoms with van der Waals surface area (Å²) >= 11 is 0. The first kappa shape index (κ1) is 86.6. The van der Waals surface area contributed by atoms with Gasteiger partial charge in [0.25, 0.3) is 0 Å². The van der Waals surface area contributed by atoms with Crippen LogP contribution >= 0.6 is 7.82 Å². The van der Waals surface area contributed by atoms with Crippen molar-refractivity contribution in [3.8, 4) is 0 Å². The number of unbranched alkanes of at least 4 members (excludes halogenated alkanes) is 15. The Morgan fingerprint density at radius 1 is 0.337 bits per heavy atom. The minimum Gasteiger partial charge on any atom is -0.462 e. The second kappa shape index (κ2) is 69.9. The fraction of sp³-hybridized carbons (Fsp3) is 0.561. The van der Waals surface area contributed by atoms with Crippen molar-refractivity contribution in [3.05, 3.63) is 207 Å². The standard InChI is InChI=1S/C82H130NO8P/c1-6-8-10-12-14-16-18-20-22-24-26-28-30-32-34-36-38-40-41-43-44-46-48-50-52-54-56-58-60-62-64-66-68-70-72-74-81(84)88-78-80(79-90-92(86,87)89-77-76-83(3,4)5)91-82(85)75-73-71-69-67-65-63-61-59-57-55-53-51-49-47-45-42-39-37-35-33-31-29-27-25-23-21-19-17-15-13-11-9-7-2/h8-11,14-17,20-23,26-29,32-35,38-40,42-44,47-50,53,55,59,61,80H,6-7,12-13,18-19,24-25,30-31,36-37,41,45-46,51-52,54,56-58,60,62-79H2,1-5H3/p+1/b10-8-,11-9-,16-14-,17-15-,22-20-,23-21-,28-26-,29-27-,34-32-,35-33-,40-38-,42-39-,44-43-,49-47-,50-48-,55-53-,61-59-. The van der Waals surface area contributed by atoms with Gasteiger partial charge in [0.05, 0.1) is 27.7 Å². The normalized spacial score (nSPS) is 14.4. The van der Waals surface area contributed by atoms with E-state index in [2.05, 4.69) is 220 Å². The van der Waals surface area contributed by atoms with E-state index < -0.39 is 26.5 Å². The summed E-state index contributed by atoms with van der Waals surface area (Å²) < 4.78 is 34.7. The number of allylic oxidation sites excluding steroid dienone is 34. The monoisotopic (exact) mass is 1290 g/mol. The molecule has 0 rings (SSSR count). The molecular formula is C82H131NO8P+. The van der Waals surface area contributed by atoms with Gasteiger partial charge in [-0.15, -0.1) is 0 Å². The molecule has 92 heavy (non-hydrogen) atoms. The van der Waals surface area contributed by atoms with Crippen molar-refractivity contribution < 1.29 is 42.1 Å². The Hall–Kier alpha value is -5.41. The van der Waals surface area contributed by atoms with Crippen molar-refractivity contribution in [1.82, 2.24) is 0 Å². The summed E-state index contributed by atoms with van der Waals surface area (Å²) in [4.78, 5) is 35.9. The van der Waals surface area contributed by atoms with E-state index in [4.69, 9.17) is 18.5 Å². The molecule has 0 heterocycles. The van der Waals surface area contributed by atoms with E-state index in [-0.39, 0.29) is 32.0 Å². The van der Waals surface area contributed by atoms with E-state index in [1.54, 1.807) is 0 Å². The number of quaternary nitrogens is 1. The number of esters is 2. The summed E-state index contributed by atoms with van der Waals surface area (Å²) in [7, 11) is 1.43. The molecule has 0 saturated heterocycles. The minimum absolute atomic E-state index is 0.0152. The Morgan fingerprint density at radius 2 is 0.587 bits per heavy atom. The number of carbonyl (C=O) groups excluding carboxylic acids is 2. The van der Waals surface area contributed by atoms with Gasteiger partial charge in [-0.25, -0.2) is 4.57 Å². The van der Waals surface area contributed by atoms with Crippen LogP contribution in [0.3, 0.4) is 0 Å². The number of likely N-dealkylation sites (N-methyl/N-ethyl adjacent to an activating group) is 1. The van der Waals surface area contributed by atoms with Crippen LogP contribution in [0.1, 0.15) is 245 Å². The number of rotatable bonds is 63. The third-order valence-corrected chi connectivity index (χ3v) is 15.3. The molecule has 0 spiro atoms. The summed E-state index contributed by atoms with van der Waals surface area (Å²) in [5, 5.41) is 0. The fourth-order valence-corrected chi connectivity index (χ4v) is 9.65. The zero-order chi connectivity index (χ0) is 66.9. The Morgan fingerprint density at radius 3 is 0.870 bits per heavy atom. The maximum absolute atomic E-state index is 12.9. The van der Waals surface area contributed by atoms with Gasteiger partial charge in [-0.1, -0.05) is 291 Å². The van der Waals surface area contributed by atoms with E-state index in [1.165, 1.54) is 38.5 Å². The number of carbonyl (C=O) groups is 2. The second-order valence-corrected chi connectivity index (χ2v) is 25.6. The lowest BCUT2D eigenvalue weighted by molar-refractivity contribution is -0.870. The number of ether oxygens (including phenoxy) is 2. The van der Waals surface area contributed by atoms with E-state index >= 15 is 0 Å². The molecule has 9 nitrogen and oxygen atoms in total. The smallest absolute Gasteiger partial charge is 0.462 e. The molecule has 0 saturated carbocycles. The molecule has 516 valence electrons. The van der Waals surface area contributed by atoms with Crippen LogP contribution < -0.4 is 0 Å². The molecule has 2 atom stereocenters. The predicted molar refractivity (Wildman–Crippen MR) is 398 cm³/mol. The summed E-state index contributed by atoms with van der Waals surface area (Å²) in [6, 6.07) is 0. The van der Waals surface area contributed by atoms with Crippen molar-refractivity contribution in [2.24, 2.45) is 0 Å². The molecule has 0 amide bonds. The predicted octanol–water partition coefficient (Wildman–Crippen LogP) is 23.8. The van der Waals surface area contributed by atoms with Crippen LogP contribution in [0.25, 0.3) is 0 Å². The van der Waals surface area contributed by atoms with Gasteiger partial charge >= 0.3 is 19.8 Å². The largest absolute Gasteiger partial charge is 0.472 e. The van der Waals surface area contributed by atoms with Crippen LogP contribution in [-0.2, 0) is 32.7 Å². The highest BCUT2D eigenvalue weighted by molar-refractivity contribution is 7.47. The van der Waals surface area contributed by atoms with Crippen LogP contribution in [0.15, 0.2) is 207 Å². The first-order valence-corrected chi connectivity index (χ1v) is 37.3. The lowest BCUT2D eigenvalue weighted by Crippen LogP contribution is -2.37. The Labute approximate surface area is 564 Å². The van der Waals surface area contributed by atoms with Crippen LogP contribution in [-0.4, -0.2) is 74.9 Å². The lowest BCUT2D eigenvalue weighted by atomic mass is 10.1. The molecule has 2 unspecified atom stereocenters. The van der Waals surface area contributed by atoms with Gasteiger partial charge in [-0.2, -0.15) is 0 Å². The molecule has 0 aliphatic carbocycles. The number of nitrogens with zero attached hydrogens (tertiary/aromatic N) is 1. The number of hydrogen-bond donors (Lipinski definition) is 1. The molecule has 0 aliphatic heterocycles. The highest BCUT2D eigenvalue weighted by Crippen LogP contribution is 2.43. The maximum atomic E-state index is 12.9. The minimum atomic E-state index is -4.42. The van der Waals surface area contributed by atoms with Crippen molar-refractivity contribution in [1.29, 1.82) is 0 Å². The summed E-state index contributed by atoms with van der Waals surface area (Å²) in [6.07, 6.45) is 111. The van der Waals surface area contributed by atoms with Gasteiger partial charge in [0.15, 0.2) is 6.10 Å². The van der Waals surface area contributed by atoms with E-state index in [0.717, 1.165) is 173 Å². The third-order valence-electron chi connectivity index (χ3n) is 14.3. The highest BCUT2D eigenvalue weighted by atomic mass is 31.2. The quantitative estimate of drug-likeness (QED) is 0.0211. The van der Waals surface area contributed by atoms with Crippen molar-refractivity contribution in [2.75, 3.05) is 47.5 Å². The zero-order valence-corrected chi connectivity index (χ0v) is 59.6. The SMILES string of the molecule is CC/C=C\C/C=C\C/C=C\C/C=C\C/C=C\C/C=C\C/C=C\C/C=C\C/C=C\CCCCCCCC(=O)OC(COC(=O)CCCCCCCCCCCC/C=C\C/C=C\C/C=C\C/C=C\C/C=C\C/C=C\C/C=C\C/C=C\CC)COP(=O)(O)OCC[N+](C)(C)C. The molecule has 0 aromatic heterocycles. The summed E-state index contributed by atoms with van der Waals surface area (Å²) in [5.74, 6) is -0.839. The molecule has 0 radical (unpaired) electrons. The van der Waals surface area contributed by atoms with Crippen LogP contribution in [0.2, 0.25) is 0 Å². The topological polar surface area (TPSA) is 108 Å². The van der Waals surface area contributed by atoms with Gasteiger partial charge < -0.3 is 18.9 Å². The second-order valence-electron chi connectivity index (χ2n) is 24.2. The molecule has 0 aliphatic rings. The number of phosphoric ester groups is 1. The third kappa shape index (κ3) is 73.6. The van der Waals surface area contributed by atoms with Crippen LogP contribution in [0, 0.1) is 0 Å². The maximum Gasteiger partial charge on any atom is 0.472 e. The molecular weight excluding hydrogens is 1160 g/mol. The van der Waals surface area contributed by atoms with Crippen molar-refractivity contribution in [2.45, 2.75) is 251 Å². The zero-order valence-electron chi connectivity index (χ0n) is 58.7. The van der Waals surface area contributed by atoms with Crippen molar-refractivity contribution in [3.63, 3.8) is 0 Å². The van der Waals surface area contributed by atoms with Crippen LogP contribution in [0.4, 0.5) is 0 Å². The average Bonchev–Trinajstić information content (AvgIpc) is 2.23. The van der Waals surface area contributed by atoms with Crippen LogP contribution in [0.5, 0.6) is 0 Å². The molecule has 0 aromatic carbocycles. The van der Waals surface area contributed by atoms with Crippen molar-refractivity contribution >= 4 is 19.8 Å². The Kier molecular flexibility index (Phi) is 65.8. The molecule has 1 N–H and O–H groups in total. The molecule has 0 fully saturated rings. The van der Waals surface area contributed by atoms with Gasteiger partial charge in [0.1, 0.15) is 19.8 Å². The highest BCUT2D eigenvalue weighted by Gasteiger charge is 2.27. The summed E-state index contributed by atoms with van der Waals surface area (Å²) in [5.41, 5.74) is 0. The lowest BCUT2D eigenvalue weighted by Gasteiger charge is -2.24.